The monoisotopic (exact) mass is 139 g/mol. The number of carbonyl (C=O) groups is 1. The van der Waals surface area contributed by atoms with Crippen LogP contribution in [0.25, 0.3) is 0 Å². The molecule has 0 aliphatic carbocycles. The molecule has 0 spiro atoms. The Bertz CT molecular complexity index is 264. The zero-order chi connectivity index (χ0) is 7.72. The number of amides is 1. The number of aryl methyl sites for hydroxylation is 1. The summed E-state index contributed by atoms with van der Waals surface area (Å²) in [6.45, 7) is 0. The van der Waals surface area contributed by atoms with Crippen molar-refractivity contribution in [3.63, 3.8) is 0 Å². The Hall–Kier alpha value is -1.45. The van der Waals surface area contributed by atoms with Gasteiger partial charge in [-0.2, -0.15) is 0 Å². The lowest BCUT2D eigenvalue weighted by Gasteiger charge is -1.95. The first-order valence-corrected chi connectivity index (χ1v) is 2.83. The van der Waals surface area contributed by atoms with Crippen LogP contribution in [0, 0.1) is 0 Å². The van der Waals surface area contributed by atoms with Crippen LogP contribution in [0.5, 0.6) is 0 Å². The number of anilines is 1. The molecule has 0 atom stereocenters. The highest BCUT2D eigenvalue weighted by atomic mass is 16.1. The zero-order valence-electron chi connectivity index (χ0n) is 5.66. The number of nitrogens with zero attached hydrogens (tertiary/aromatic N) is 1. The van der Waals surface area contributed by atoms with E-state index in [2.05, 4.69) is 0 Å². The molecule has 0 unspecified atom stereocenters. The van der Waals surface area contributed by atoms with E-state index in [1.54, 1.807) is 23.9 Å². The molecule has 0 fully saturated rings. The minimum absolute atomic E-state index is 0.377. The molecular formula is C6H9N3O. The number of nitrogen functional groups attached to an aromatic ring is 1. The van der Waals surface area contributed by atoms with Gasteiger partial charge in [0.05, 0.1) is 5.56 Å². The highest BCUT2D eigenvalue weighted by Crippen LogP contribution is 2.09. The molecule has 1 aromatic heterocycles. The van der Waals surface area contributed by atoms with Crippen LogP contribution in [0.3, 0.4) is 0 Å². The fourth-order valence-corrected chi connectivity index (χ4v) is 0.750. The maximum Gasteiger partial charge on any atom is 0.252 e. The second kappa shape index (κ2) is 2.06. The van der Waals surface area contributed by atoms with Gasteiger partial charge in [0.2, 0.25) is 0 Å². The molecule has 1 heterocycles. The SMILES string of the molecule is Cn1ccc(C(N)=O)c1N. The number of rotatable bonds is 1. The van der Waals surface area contributed by atoms with Crippen molar-refractivity contribution in [2.24, 2.45) is 12.8 Å². The number of aromatic nitrogens is 1. The Kier molecular flexibility index (Phi) is 1.37. The fourth-order valence-electron chi connectivity index (χ4n) is 0.750. The quantitative estimate of drug-likeness (QED) is 0.560. The predicted octanol–water partition coefficient (Wildman–Crippen LogP) is -0.294. The molecule has 0 bridgehead atoms. The van der Waals surface area contributed by atoms with E-state index in [-0.39, 0.29) is 0 Å². The van der Waals surface area contributed by atoms with Crippen molar-refractivity contribution < 1.29 is 4.79 Å². The summed E-state index contributed by atoms with van der Waals surface area (Å²) in [6.07, 6.45) is 1.69. The summed E-state index contributed by atoms with van der Waals surface area (Å²) in [5, 5.41) is 0. The number of nitrogens with two attached hydrogens (primary N) is 2. The van der Waals surface area contributed by atoms with E-state index < -0.39 is 5.91 Å². The predicted molar refractivity (Wildman–Crippen MR) is 38.3 cm³/mol. The topological polar surface area (TPSA) is 74.0 Å². The van der Waals surface area contributed by atoms with E-state index in [0.717, 1.165) is 0 Å². The highest BCUT2D eigenvalue weighted by molar-refractivity contribution is 5.97. The summed E-state index contributed by atoms with van der Waals surface area (Å²) in [6, 6.07) is 1.59. The Morgan fingerprint density at radius 3 is 2.50 bits per heavy atom. The van der Waals surface area contributed by atoms with Gasteiger partial charge in [-0.25, -0.2) is 0 Å². The molecule has 1 aromatic rings. The number of hydrogen-bond acceptors (Lipinski definition) is 2. The summed E-state index contributed by atoms with van der Waals surface area (Å²) < 4.78 is 1.64. The Labute approximate surface area is 58.4 Å². The molecule has 0 saturated carbocycles. The summed E-state index contributed by atoms with van der Waals surface area (Å²) in [5.41, 5.74) is 10.8. The van der Waals surface area contributed by atoms with Gasteiger partial charge >= 0.3 is 0 Å². The first kappa shape index (κ1) is 6.67. The number of carbonyl (C=O) groups excluding carboxylic acids is 1. The molecule has 0 aromatic carbocycles. The average molecular weight is 139 g/mol. The molecule has 10 heavy (non-hydrogen) atoms. The molecule has 4 nitrogen and oxygen atoms in total. The molecular weight excluding hydrogens is 130 g/mol. The highest BCUT2D eigenvalue weighted by Gasteiger charge is 2.06. The van der Waals surface area contributed by atoms with Crippen molar-refractivity contribution in [3.8, 4) is 0 Å². The van der Waals surface area contributed by atoms with Crippen molar-refractivity contribution >= 4 is 11.7 Å². The van der Waals surface area contributed by atoms with E-state index >= 15 is 0 Å². The first-order chi connectivity index (χ1) is 4.63. The second-order valence-electron chi connectivity index (χ2n) is 2.09. The minimum atomic E-state index is -0.488. The van der Waals surface area contributed by atoms with E-state index in [0.29, 0.717) is 11.4 Å². The van der Waals surface area contributed by atoms with Crippen molar-refractivity contribution in [2.45, 2.75) is 0 Å². The second-order valence-corrected chi connectivity index (χ2v) is 2.09. The minimum Gasteiger partial charge on any atom is -0.384 e. The van der Waals surface area contributed by atoms with Crippen LogP contribution in [-0.2, 0) is 7.05 Å². The Morgan fingerprint density at radius 1 is 1.70 bits per heavy atom. The van der Waals surface area contributed by atoms with E-state index in [4.69, 9.17) is 11.5 Å². The summed E-state index contributed by atoms with van der Waals surface area (Å²) in [4.78, 5) is 10.6. The van der Waals surface area contributed by atoms with Gasteiger partial charge in [-0.1, -0.05) is 0 Å². The van der Waals surface area contributed by atoms with E-state index in [9.17, 15) is 4.79 Å². The largest absolute Gasteiger partial charge is 0.384 e. The van der Waals surface area contributed by atoms with Gasteiger partial charge in [0.15, 0.2) is 0 Å². The Morgan fingerprint density at radius 2 is 2.30 bits per heavy atom. The molecule has 4 N–H and O–H groups in total. The molecule has 0 radical (unpaired) electrons. The standard InChI is InChI=1S/C6H9N3O/c1-9-3-2-4(5(9)7)6(8)10/h2-3H,7H2,1H3,(H2,8,10). The third kappa shape index (κ3) is 0.834. The van der Waals surface area contributed by atoms with Gasteiger partial charge in [0.1, 0.15) is 5.82 Å². The molecule has 54 valence electrons. The lowest BCUT2D eigenvalue weighted by Crippen LogP contribution is -2.12. The third-order valence-electron chi connectivity index (χ3n) is 1.39. The van der Waals surface area contributed by atoms with E-state index in [1.165, 1.54) is 0 Å². The maximum atomic E-state index is 10.6. The maximum absolute atomic E-state index is 10.6. The average Bonchev–Trinajstić information content (AvgIpc) is 2.14. The molecule has 1 rings (SSSR count). The summed E-state index contributed by atoms with van der Waals surface area (Å²) in [7, 11) is 1.75. The lowest BCUT2D eigenvalue weighted by molar-refractivity contribution is 0.100. The first-order valence-electron chi connectivity index (χ1n) is 2.83. The number of hydrogen-bond donors (Lipinski definition) is 2. The van der Waals surface area contributed by atoms with Crippen LogP contribution >= 0.6 is 0 Å². The van der Waals surface area contributed by atoms with Crippen LogP contribution in [0.1, 0.15) is 10.4 Å². The van der Waals surface area contributed by atoms with Gasteiger partial charge in [-0.3, -0.25) is 4.79 Å². The molecule has 1 amide bonds. The van der Waals surface area contributed by atoms with Crippen molar-refractivity contribution in [1.82, 2.24) is 4.57 Å². The van der Waals surface area contributed by atoms with Crippen LogP contribution in [-0.4, -0.2) is 10.5 Å². The van der Waals surface area contributed by atoms with Gasteiger partial charge in [0, 0.05) is 13.2 Å². The zero-order valence-corrected chi connectivity index (χ0v) is 5.66. The number of primary amides is 1. The fraction of sp³-hybridized carbons (Fsp3) is 0.167. The van der Waals surface area contributed by atoms with Gasteiger partial charge in [-0.15, -0.1) is 0 Å². The third-order valence-corrected chi connectivity index (χ3v) is 1.39. The molecule has 4 heteroatoms. The summed E-state index contributed by atoms with van der Waals surface area (Å²) >= 11 is 0. The van der Waals surface area contributed by atoms with Crippen molar-refractivity contribution in [3.05, 3.63) is 17.8 Å². The summed E-state index contributed by atoms with van der Waals surface area (Å²) in [5.74, 6) is -0.0781. The molecule has 0 aliphatic heterocycles. The van der Waals surface area contributed by atoms with Gasteiger partial charge in [-0.05, 0) is 6.07 Å². The Balaban J connectivity index is 3.17. The van der Waals surface area contributed by atoms with E-state index in [1.807, 2.05) is 0 Å². The van der Waals surface area contributed by atoms with Gasteiger partial charge < -0.3 is 16.0 Å². The van der Waals surface area contributed by atoms with Gasteiger partial charge in [0.25, 0.3) is 5.91 Å². The molecule has 0 aliphatic rings. The van der Waals surface area contributed by atoms with Crippen LogP contribution < -0.4 is 11.5 Å². The van der Waals surface area contributed by atoms with Crippen molar-refractivity contribution in [1.29, 1.82) is 0 Å². The van der Waals surface area contributed by atoms with Crippen LogP contribution in [0.15, 0.2) is 12.3 Å². The molecule has 0 saturated heterocycles. The normalized spacial score (nSPS) is 9.70. The van der Waals surface area contributed by atoms with Crippen LogP contribution in [0.2, 0.25) is 0 Å². The van der Waals surface area contributed by atoms with Crippen molar-refractivity contribution in [2.75, 3.05) is 5.73 Å². The smallest absolute Gasteiger partial charge is 0.252 e. The van der Waals surface area contributed by atoms with Crippen LogP contribution in [0.4, 0.5) is 5.82 Å². The lowest BCUT2D eigenvalue weighted by atomic mass is 10.3.